The largest absolute Gasteiger partial charge is 0.378 e. The van der Waals surface area contributed by atoms with Gasteiger partial charge in [-0.05, 0) is 30.7 Å². The van der Waals surface area contributed by atoms with Crippen molar-refractivity contribution >= 4 is 16.6 Å². The lowest BCUT2D eigenvalue weighted by Crippen LogP contribution is -2.22. The molecule has 1 aromatic carbocycles. The van der Waals surface area contributed by atoms with Crippen LogP contribution < -0.4 is 0 Å². The Labute approximate surface area is 112 Å². The van der Waals surface area contributed by atoms with Crippen molar-refractivity contribution in [2.24, 2.45) is 0 Å². The van der Waals surface area contributed by atoms with Gasteiger partial charge in [0.1, 0.15) is 0 Å². The molecule has 0 N–H and O–H groups in total. The summed E-state index contributed by atoms with van der Waals surface area (Å²) in [6.45, 7) is 0.789. The Kier molecular flexibility index (Phi) is 3.56. The number of carbonyl (C=O) groups is 1. The molecule has 0 radical (unpaired) electrons. The summed E-state index contributed by atoms with van der Waals surface area (Å²) in [6.07, 6.45) is 7.39. The van der Waals surface area contributed by atoms with Gasteiger partial charge in [-0.25, -0.2) is 0 Å². The van der Waals surface area contributed by atoms with Crippen LogP contribution in [-0.4, -0.2) is 23.5 Å². The molecule has 3 rings (SSSR count). The molecule has 3 heteroatoms. The van der Waals surface area contributed by atoms with Crippen LogP contribution in [0.25, 0.3) is 10.8 Å². The maximum atomic E-state index is 12.4. The Balaban J connectivity index is 1.85. The van der Waals surface area contributed by atoms with E-state index in [-0.39, 0.29) is 11.9 Å². The maximum absolute atomic E-state index is 12.4. The molecule has 1 unspecified atom stereocenters. The number of hydrogen-bond acceptors (Lipinski definition) is 3. The zero-order valence-electron chi connectivity index (χ0n) is 10.8. The molecule has 1 fully saturated rings. The summed E-state index contributed by atoms with van der Waals surface area (Å²) >= 11 is 0. The highest BCUT2D eigenvalue weighted by Gasteiger charge is 2.19. The Bertz CT molecular complexity index is 583. The first-order chi connectivity index (χ1) is 9.34. The molecule has 2 aromatic rings. The third-order valence-electron chi connectivity index (χ3n) is 3.67. The van der Waals surface area contributed by atoms with Crippen LogP contribution in [0.2, 0.25) is 0 Å². The number of aromatic nitrogens is 1. The number of nitrogens with zero attached hydrogens (tertiary/aromatic N) is 1. The molecule has 0 saturated carbocycles. The molecule has 1 aliphatic rings. The van der Waals surface area contributed by atoms with E-state index in [0.29, 0.717) is 6.42 Å². The minimum atomic E-state index is 0.0957. The van der Waals surface area contributed by atoms with Gasteiger partial charge in [0.05, 0.1) is 6.10 Å². The maximum Gasteiger partial charge on any atom is 0.166 e. The van der Waals surface area contributed by atoms with Crippen LogP contribution in [-0.2, 0) is 4.74 Å². The summed E-state index contributed by atoms with van der Waals surface area (Å²) < 4.78 is 5.65. The first kappa shape index (κ1) is 12.3. The van der Waals surface area contributed by atoms with E-state index in [1.807, 2.05) is 24.3 Å². The van der Waals surface area contributed by atoms with Crippen molar-refractivity contribution in [1.82, 2.24) is 4.98 Å². The molecule has 19 heavy (non-hydrogen) atoms. The van der Waals surface area contributed by atoms with Gasteiger partial charge in [0, 0.05) is 36.4 Å². The summed E-state index contributed by atoms with van der Waals surface area (Å²) in [5.41, 5.74) is 0.786. The predicted molar refractivity (Wildman–Crippen MR) is 74.3 cm³/mol. The molecule has 1 aromatic heterocycles. The minimum Gasteiger partial charge on any atom is -0.378 e. The highest BCUT2D eigenvalue weighted by atomic mass is 16.5. The van der Waals surface area contributed by atoms with Gasteiger partial charge in [-0.2, -0.15) is 0 Å². The zero-order chi connectivity index (χ0) is 13.1. The number of pyridine rings is 1. The van der Waals surface area contributed by atoms with Gasteiger partial charge in [-0.1, -0.05) is 18.2 Å². The van der Waals surface area contributed by atoms with Crippen molar-refractivity contribution in [2.45, 2.75) is 31.8 Å². The van der Waals surface area contributed by atoms with Crippen molar-refractivity contribution in [1.29, 1.82) is 0 Å². The number of carbonyl (C=O) groups excluding carboxylic acids is 1. The van der Waals surface area contributed by atoms with Gasteiger partial charge >= 0.3 is 0 Å². The average molecular weight is 255 g/mol. The lowest BCUT2D eigenvalue weighted by atomic mass is 9.97. The molecule has 2 heterocycles. The summed E-state index contributed by atoms with van der Waals surface area (Å²) in [5.74, 6) is 0.170. The first-order valence-corrected chi connectivity index (χ1v) is 6.82. The average Bonchev–Trinajstić information content (AvgIpc) is 2.47. The molecule has 0 spiro atoms. The second kappa shape index (κ2) is 5.49. The number of hydrogen-bond donors (Lipinski definition) is 0. The van der Waals surface area contributed by atoms with Crippen LogP contribution >= 0.6 is 0 Å². The fraction of sp³-hybridized carbons (Fsp3) is 0.375. The number of benzene rings is 1. The fourth-order valence-corrected chi connectivity index (χ4v) is 2.65. The number of Topliss-reactive ketones (excluding diaryl/α,β-unsaturated/α-hetero) is 1. The van der Waals surface area contributed by atoms with Crippen LogP contribution in [0.5, 0.6) is 0 Å². The van der Waals surface area contributed by atoms with E-state index in [2.05, 4.69) is 4.98 Å². The van der Waals surface area contributed by atoms with Crippen molar-refractivity contribution in [3.8, 4) is 0 Å². The zero-order valence-corrected chi connectivity index (χ0v) is 10.8. The van der Waals surface area contributed by atoms with Crippen LogP contribution in [0.4, 0.5) is 0 Å². The Morgan fingerprint density at radius 2 is 2.26 bits per heavy atom. The van der Waals surface area contributed by atoms with Gasteiger partial charge in [0.25, 0.3) is 0 Å². The summed E-state index contributed by atoms with van der Waals surface area (Å²) in [7, 11) is 0. The number of ether oxygens (including phenoxy) is 1. The molecule has 1 saturated heterocycles. The second-order valence-electron chi connectivity index (χ2n) is 5.02. The molecular weight excluding hydrogens is 238 g/mol. The number of fused-ring (bicyclic) bond motifs is 1. The molecule has 0 bridgehead atoms. The topological polar surface area (TPSA) is 39.2 Å². The van der Waals surface area contributed by atoms with Crippen molar-refractivity contribution in [3.63, 3.8) is 0 Å². The standard InChI is InChI=1S/C16H17NO2/c18-16(10-13-5-1-2-9-19-13)15-6-3-4-12-11-17-8-7-14(12)15/h3-4,6-8,11,13H,1-2,5,9-10H2. The number of rotatable bonds is 3. The molecule has 98 valence electrons. The quantitative estimate of drug-likeness (QED) is 0.789. The fourth-order valence-electron chi connectivity index (χ4n) is 2.65. The summed E-state index contributed by atoms with van der Waals surface area (Å²) in [4.78, 5) is 16.5. The van der Waals surface area contributed by atoms with E-state index in [4.69, 9.17) is 4.74 Å². The molecule has 0 amide bonds. The number of ketones is 1. The van der Waals surface area contributed by atoms with Crippen LogP contribution in [0.1, 0.15) is 36.0 Å². The highest BCUT2D eigenvalue weighted by molar-refractivity contribution is 6.08. The van der Waals surface area contributed by atoms with Gasteiger partial charge in [-0.15, -0.1) is 0 Å². The third kappa shape index (κ3) is 2.66. The van der Waals surface area contributed by atoms with E-state index in [1.165, 1.54) is 0 Å². The van der Waals surface area contributed by atoms with E-state index in [0.717, 1.165) is 42.2 Å². The Hall–Kier alpha value is -1.74. The first-order valence-electron chi connectivity index (χ1n) is 6.82. The van der Waals surface area contributed by atoms with Gasteiger partial charge < -0.3 is 4.74 Å². The monoisotopic (exact) mass is 255 g/mol. The minimum absolute atomic E-state index is 0.0957. The van der Waals surface area contributed by atoms with Crippen molar-refractivity contribution in [2.75, 3.05) is 6.61 Å². The third-order valence-corrected chi connectivity index (χ3v) is 3.67. The SMILES string of the molecule is O=C(CC1CCCCO1)c1cccc2cnccc12. The van der Waals surface area contributed by atoms with Gasteiger partial charge in [-0.3, -0.25) is 9.78 Å². The van der Waals surface area contributed by atoms with Crippen LogP contribution in [0, 0.1) is 0 Å². The second-order valence-corrected chi connectivity index (χ2v) is 5.02. The lowest BCUT2D eigenvalue weighted by molar-refractivity contribution is 0.0129. The van der Waals surface area contributed by atoms with E-state index in [9.17, 15) is 4.79 Å². The molecule has 3 nitrogen and oxygen atoms in total. The van der Waals surface area contributed by atoms with Crippen LogP contribution in [0.15, 0.2) is 36.7 Å². The molecule has 1 atom stereocenters. The smallest absolute Gasteiger partial charge is 0.166 e. The van der Waals surface area contributed by atoms with Crippen LogP contribution in [0.3, 0.4) is 0 Å². The van der Waals surface area contributed by atoms with E-state index < -0.39 is 0 Å². The van der Waals surface area contributed by atoms with Crippen molar-refractivity contribution in [3.05, 3.63) is 42.2 Å². The van der Waals surface area contributed by atoms with Gasteiger partial charge in [0.2, 0.25) is 0 Å². The van der Waals surface area contributed by atoms with Crippen molar-refractivity contribution < 1.29 is 9.53 Å². The predicted octanol–water partition coefficient (Wildman–Crippen LogP) is 3.38. The Morgan fingerprint density at radius 1 is 1.32 bits per heavy atom. The van der Waals surface area contributed by atoms with E-state index >= 15 is 0 Å². The Morgan fingerprint density at radius 3 is 3.11 bits per heavy atom. The van der Waals surface area contributed by atoms with Gasteiger partial charge in [0.15, 0.2) is 5.78 Å². The lowest BCUT2D eigenvalue weighted by Gasteiger charge is -2.22. The molecule has 1 aliphatic heterocycles. The molecular formula is C16H17NO2. The normalized spacial score (nSPS) is 19.5. The highest BCUT2D eigenvalue weighted by Crippen LogP contribution is 2.22. The molecule has 0 aliphatic carbocycles. The summed E-state index contributed by atoms with van der Waals surface area (Å²) in [6, 6.07) is 7.70. The van der Waals surface area contributed by atoms with E-state index in [1.54, 1.807) is 12.4 Å². The summed E-state index contributed by atoms with van der Waals surface area (Å²) in [5, 5.41) is 2.00.